The van der Waals surface area contributed by atoms with Gasteiger partial charge in [0.25, 0.3) is 5.56 Å². The van der Waals surface area contributed by atoms with Gasteiger partial charge in [0, 0.05) is 49.5 Å². The molecule has 192 valence electrons. The van der Waals surface area contributed by atoms with Crippen LogP contribution in [0.3, 0.4) is 0 Å². The molecule has 0 bridgehead atoms. The summed E-state index contributed by atoms with van der Waals surface area (Å²) >= 11 is 0. The van der Waals surface area contributed by atoms with E-state index in [2.05, 4.69) is 33.9 Å². The fourth-order valence-electron chi connectivity index (χ4n) is 4.63. The molecule has 36 heavy (non-hydrogen) atoms. The minimum absolute atomic E-state index is 0.111. The van der Waals surface area contributed by atoms with Gasteiger partial charge in [-0.2, -0.15) is 0 Å². The zero-order valence-electron chi connectivity index (χ0n) is 21.2. The molecule has 2 heterocycles. The minimum Gasteiger partial charge on any atom is -0.370 e. The molecule has 2 aromatic carbocycles. The number of hydrogen-bond donors (Lipinski definition) is 1. The summed E-state index contributed by atoms with van der Waals surface area (Å²) in [7, 11) is 0. The number of amides is 1. The van der Waals surface area contributed by atoms with Gasteiger partial charge in [-0.1, -0.05) is 0 Å². The van der Waals surface area contributed by atoms with Gasteiger partial charge in [0.15, 0.2) is 11.6 Å². The van der Waals surface area contributed by atoms with Crippen molar-refractivity contribution in [1.29, 1.82) is 0 Å². The Bertz CT molecular complexity index is 1320. The summed E-state index contributed by atoms with van der Waals surface area (Å²) in [5, 5.41) is 3.15. The lowest BCUT2D eigenvalue weighted by molar-refractivity contribution is -0.122. The van der Waals surface area contributed by atoms with Crippen LogP contribution in [0.1, 0.15) is 34.1 Å². The highest BCUT2D eigenvalue weighted by atomic mass is 19.2. The van der Waals surface area contributed by atoms with Crippen LogP contribution in [0.4, 0.5) is 14.5 Å². The molecule has 1 amide bonds. The summed E-state index contributed by atoms with van der Waals surface area (Å²) in [6.07, 6.45) is 1.02. The van der Waals surface area contributed by atoms with Gasteiger partial charge in [0.1, 0.15) is 12.4 Å². The molecule has 0 radical (unpaired) electrons. The molecule has 3 aromatic rings. The Hall–Kier alpha value is -3.33. The van der Waals surface area contributed by atoms with E-state index in [1.807, 2.05) is 26.0 Å². The molecule has 0 aliphatic carbocycles. The summed E-state index contributed by atoms with van der Waals surface area (Å²) < 4.78 is 28.9. The first kappa shape index (κ1) is 25.8. The number of rotatable bonds is 6. The SMILES string of the molecule is CC(C)NC(=O)Cn1c(-c2ccc(F)c(F)c2)nc2ccc(N3CCCN(C(C)C)CC3)cc2c1=O. The fourth-order valence-corrected chi connectivity index (χ4v) is 4.63. The predicted molar refractivity (Wildman–Crippen MR) is 138 cm³/mol. The number of hydrogen-bond acceptors (Lipinski definition) is 5. The molecule has 1 N–H and O–H groups in total. The number of fused-ring (bicyclic) bond motifs is 1. The maximum absolute atomic E-state index is 14.0. The summed E-state index contributed by atoms with van der Waals surface area (Å²) in [5.74, 6) is -2.30. The lowest BCUT2D eigenvalue weighted by Gasteiger charge is -2.26. The molecule has 1 fully saturated rings. The highest BCUT2D eigenvalue weighted by molar-refractivity contribution is 5.84. The minimum atomic E-state index is -1.05. The van der Waals surface area contributed by atoms with Gasteiger partial charge < -0.3 is 10.2 Å². The van der Waals surface area contributed by atoms with E-state index in [4.69, 9.17) is 0 Å². The average molecular weight is 498 g/mol. The third kappa shape index (κ3) is 5.56. The van der Waals surface area contributed by atoms with Crippen LogP contribution in [0, 0.1) is 11.6 Å². The van der Waals surface area contributed by atoms with Crippen molar-refractivity contribution < 1.29 is 13.6 Å². The maximum atomic E-state index is 14.0. The number of halogens is 2. The molecule has 1 aromatic heterocycles. The molecule has 0 unspecified atom stereocenters. The average Bonchev–Trinajstić information content (AvgIpc) is 3.08. The van der Waals surface area contributed by atoms with Crippen LogP contribution in [0.25, 0.3) is 22.3 Å². The Balaban J connectivity index is 1.79. The van der Waals surface area contributed by atoms with Crippen molar-refractivity contribution in [2.24, 2.45) is 0 Å². The fraction of sp³-hybridized carbons (Fsp3) is 0.444. The van der Waals surface area contributed by atoms with Crippen LogP contribution in [0.2, 0.25) is 0 Å². The second-order valence-electron chi connectivity index (χ2n) is 9.85. The first-order valence-corrected chi connectivity index (χ1v) is 12.4. The highest BCUT2D eigenvalue weighted by Gasteiger charge is 2.20. The van der Waals surface area contributed by atoms with Gasteiger partial charge in [-0.05, 0) is 70.5 Å². The quantitative estimate of drug-likeness (QED) is 0.561. The van der Waals surface area contributed by atoms with E-state index in [0.29, 0.717) is 16.9 Å². The van der Waals surface area contributed by atoms with E-state index in [-0.39, 0.29) is 29.9 Å². The number of anilines is 1. The second-order valence-corrected chi connectivity index (χ2v) is 9.85. The van der Waals surface area contributed by atoms with Crippen LogP contribution in [-0.4, -0.2) is 58.6 Å². The smallest absolute Gasteiger partial charge is 0.262 e. The molecule has 4 rings (SSSR count). The summed E-state index contributed by atoms with van der Waals surface area (Å²) in [4.78, 5) is 35.6. The van der Waals surface area contributed by atoms with Crippen molar-refractivity contribution in [3.05, 3.63) is 58.4 Å². The zero-order chi connectivity index (χ0) is 26.0. The molecule has 1 aliphatic rings. The van der Waals surface area contributed by atoms with E-state index in [0.717, 1.165) is 50.4 Å². The summed E-state index contributed by atoms with van der Waals surface area (Å²) in [6, 6.07) is 9.23. The standard InChI is InChI=1S/C27H33F2N5O2/c1-17(2)30-25(35)16-34-26(19-6-8-22(28)23(29)14-19)31-24-9-7-20(15-21(24)27(34)36)33-11-5-10-32(12-13-33)18(3)4/h6-9,14-15,17-18H,5,10-13,16H2,1-4H3,(H,30,35). The van der Waals surface area contributed by atoms with Gasteiger partial charge in [0.05, 0.1) is 10.9 Å². The van der Waals surface area contributed by atoms with Crippen molar-refractivity contribution in [2.45, 2.75) is 52.7 Å². The molecule has 1 aliphatic heterocycles. The van der Waals surface area contributed by atoms with Crippen molar-refractivity contribution in [3.8, 4) is 11.4 Å². The van der Waals surface area contributed by atoms with E-state index in [1.54, 1.807) is 6.07 Å². The van der Waals surface area contributed by atoms with Crippen molar-refractivity contribution in [1.82, 2.24) is 19.8 Å². The van der Waals surface area contributed by atoms with Crippen molar-refractivity contribution >= 4 is 22.5 Å². The monoisotopic (exact) mass is 497 g/mol. The Labute approximate surface area is 209 Å². The third-order valence-corrected chi connectivity index (χ3v) is 6.49. The third-order valence-electron chi connectivity index (χ3n) is 6.49. The molecule has 0 spiro atoms. The predicted octanol–water partition coefficient (Wildman–Crippen LogP) is 3.79. The van der Waals surface area contributed by atoms with Crippen LogP contribution in [-0.2, 0) is 11.3 Å². The number of nitrogens with one attached hydrogen (secondary N) is 1. The molecule has 9 heteroatoms. The topological polar surface area (TPSA) is 70.5 Å². The van der Waals surface area contributed by atoms with Gasteiger partial charge in [-0.15, -0.1) is 0 Å². The summed E-state index contributed by atoms with van der Waals surface area (Å²) in [6.45, 7) is 11.4. The van der Waals surface area contributed by atoms with E-state index < -0.39 is 17.2 Å². The van der Waals surface area contributed by atoms with E-state index in [9.17, 15) is 18.4 Å². The number of nitrogens with zero attached hydrogens (tertiary/aromatic N) is 4. The molecule has 7 nitrogen and oxygen atoms in total. The maximum Gasteiger partial charge on any atom is 0.262 e. The molecular formula is C27H33F2N5O2. The zero-order valence-corrected chi connectivity index (χ0v) is 21.2. The number of benzene rings is 2. The van der Waals surface area contributed by atoms with Gasteiger partial charge in [-0.25, -0.2) is 13.8 Å². The summed E-state index contributed by atoms with van der Waals surface area (Å²) in [5.41, 5.74) is 1.17. The highest BCUT2D eigenvalue weighted by Crippen LogP contribution is 2.25. The first-order chi connectivity index (χ1) is 17.1. The normalized spacial score (nSPS) is 15.1. The molecule has 0 atom stereocenters. The Morgan fingerprint density at radius 3 is 2.47 bits per heavy atom. The van der Waals surface area contributed by atoms with Gasteiger partial charge in [0.2, 0.25) is 5.91 Å². The Morgan fingerprint density at radius 1 is 1.00 bits per heavy atom. The first-order valence-electron chi connectivity index (χ1n) is 12.4. The number of carbonyl (C=O) groups excluding carboxylic acids is 1. The van der Waals surface area contributed by atoms with Crippen LogP contribution < -0.4 is 15.8 Å². The second kappa shape index (κ2) is 10.7. The number of carbonyl (C=O) groups is 1. The lowest BCUT2D eigenvalue weighted by Crippen LogP contribution is -2.37. The largest absolute Gasteiger partial charge is 0.370 e. The van der Waals surface area contributed by atoms with Gasteiger partial charge in [-0.3, -0.25) is 19.1 Å². The van der Waals surface area contributed by atoms with Gasteiger partial charge >= 0.3 is 0 Å². The van der Waals surface area contributed by atoms with Crippen LogP contribution >= 0.6 is 0 Å². The molecule has 1 saturated heterocycles. The Morgan fingerprint density at radius 2 is 1.78 bits per heavy atom. The van der Waals surface area contributed by atoms with Crippen LogP contribution in [0.5, 0.6) is 0 Å². The van der Waals surface area contributed by atoms with Crippen LogP contribution in [0.15, 0.2) is 41.2 Å². The molecule has 0 saturated carbocycles. The Kier molecular flexibility index (Phi) is 7.68. The molecular weight excluding hydrogens is 464 g/mol. The van der Waals surface area contributed by atoms with E-state index in [1.165, 1.54) is 10.6 Å². The van der Waals surface area contributed by atoms with Crippen molar-refractivity contribution in [2.75, 3.05) is 31.1 Å². The number of aromatic nitrogens is 2. The van der Waals surface area contributed by atoms with E-state index >= 15 is 0 Å². The lowest BCUT2D eigenvalue weighted by atomic mass is 10.1. The van der Waals surface area contributed by atoms with Crippen molar-refractivity contribution in [3.63, 3.8) is 0 Å².